The Morgan fingerprint density at radius 2 is 2.00 bits per heavy atom. The van der Waals surface area contributed by atoms with Gasteiger partial charge >= 0.3 is 6.09 Å². The van der Waals surface area contributed by atoms with Crippen molar-refractivity contribution < 1.29 is 14.3 Å². The molecule has 0 radical (unpaired) electrons. The Balaban J connectivity index is 1.34. The maximum atomic E-state index is 12.4. The Kier molecular flexibility index (Phi) is 6.79. The molecule has 0 aliphatic carbocycles. The number of benzene rings is 1. The number of nitrogens with zero attached hydrogens (tertiary/aromatic N) is 4. The average Bonchev–Trinajstić information content (AvgIpc) is 3.48. The number of hydrogen-bond donors (Lipinski definition) is 3. The van der Waals surface area contributed by atoms with Gasteiger partial charge in [-0.2, -0.15) is 0 Å². The fourth-order valence-corrected chi connectivity index (χ4v) is 4.54. The number of H-pyrrole nitrogens is 1. The van der Waals surface area contributed by atoms with Crippen molar-refractivity contribution in [1.29, 1.82) is 0 Å². The molecule has 1 aromatic carbocycles. The number of ether oxygens (including phenoxy) is 1. The lowest BCUT2D eigenvalue weighted by Gasteiger charge is -2.29. The van der Waals surface area contributed by atoms with Crippen molar-refractivity contribution in [2.24, 2.45) is 0 Å². The molecule has 4 aromatic rings. The number of anilines is 2. The Labute approximate surface area is 221 Å². The molecular formula is C28H33N7O3. The van der Waals surface area contributed by atoms with E-state index in [1.807, 2.05) is 43.5 Å². The van der Waals surface area contributed by atoms with Gasteiger partial charge in [-0.15, -0.1) is 0 Å². The first-order chi connectivity index (χ1) is 18.2. The first-order valence-electron chi connectivity index (χ1n) is 12.8. The molecule has 3 aromatic heterocycles. The zero-order chi connectivity index (χ0) is 26.9. The molecular weight excluding hydrogens is 482 g/mol. The van der Waals surface area contributed by atoms with Gasteiger partial charge in [0.2, 0.25) is 5.91 Å². The highest BCUT2D eigenvalue weighted by atomic mass is 16.6. The first-order valence-corrected chi connectivity index (χ1v) is 12.8. The van der Waals surface area contributed by atoms with E-state index in [4.69, 9.17) is 4.74 Å². The topological polar surface area (TPSA) is 117 Å². The van der Waals surface area contributed by atoms with E-state index in [-0.39, 0.29) is 12.0 Å². The van der Waals surface area contributed by atoms with Gasteiger partial charge < -0.3 is 29.8 Å². The first kappa shape index (κ1) is 25.3. The lowest BCUT2D eigenvalue weighted by atomic mass is 10.0. The molecule has 198 valence electrons. The third-order valence-corrected chi connectivity index (χ3v) is 6.37. The molecule has 0 unspecified atom stereocenters. The van der Waals surface area contributed by atoms with E-state index in [9.17, 15) is 9.59 Å². The molecule has 0 fully saturated rings. The Morgan fingerprint density at radius 3 is 2.74 bits per heavy atom. The van der Waals surface area contributed by atoms with Crippen molar-refractivity contribution in [2.45, 2.75) is 46.3 Å². The van der Waals surface area contributed by atoms with Crippen LogP contribution in [0.15, 0.2) is 48.9 Å². The van der Waals surface area contributed by atoms with Crippen molar-refractivity contribution in [2.75, 3.05) is 25.0 Å². The molecule has 0 atom stereocenters. The number of aromatic nitrogens is 4. The molecule has 1 aliphatic rings. The van der Waals surface area contributed by atoms with Crippen LogP contribution in [0.25, 0.3) is 27.6 Å². The number of carbonyl (C=O) groups excluding carboxylic acids is 2. The van der Waals surface area contributed by atoms with Gasteiger partial charge in [0.1, 0.15) is 11.2 Å². The van der Waals surface area contributed by atoms with E-state index in [1.165, 1.54) is 6.92 Å². The summed E-state index contributed by atoms with van der Waals surface area (Å²) in [6.07, 6.45) is 6.09. The molecule has 4 heterocycles. The van der Waals surface area contributed by atoms with Crippen LogP contribution >= 0.6 is 0 Å². The van der Waals surface area contributed by atoms with Gasteiger partial charge in [0, 0.05) is 56.1 Å². The smallest absolute Gasteiger partial charge is 0.410 e. The minimum absolute atomic E-state index is 0.0475. The molecule has 10 heteroatoms. The zero-order valence-electron chi connectivity index (χ0n) is 22.2. The highest BCUT2D eigenvalue weighted by molar-refractivity contribution is 5.95. The van der Waals surface area contributed by atoms with Gasteiger partial charge in [-0.1, -0.05) is 6.08 Å². The summed E-state index contributed by atoms with van der Waals surface area (Å²) in [6, 6.07) is 10.1. The highest BCUT2D eigenvalue weighted by Crippen LogP contribution is 2.31. The second-order valence-corrected chi connectivity index (χ2v) is 10.5. The van der Waals surface area contributed by atoms with Crippen molar-refractivity contribution in [3.63, 3.8) is 0 Å². The summed E-state index contributed by atoms with van der Waals surface area (Å²) in [7, 11) is 0. The number of nitrogens with one attached hydrogen (secondary N) is 3. The average molecular weight is 516 g/mol. The van der Waals surface area contributed by atoms with Crippen molar-refractivity contribution in [3.05, 3.63) is 54.6 Å². The summed E-state index contributed by atoms with van der Waals surface area (Å²) in [4.78, 5) is 37.8. The number of pyridine rings is 1. The number of aromatic amines is 1. The molecule has 0 spiro atoms. The van der Waals surface area contributed by atoms with Crippen LogP contribution < -0.4 is 10.6 Å². The monoisotopic (exact) mass is 515 g/mol. The summed E-state index contributed by atoms with van der Waals surface area (Å²) in [5, 5.41) is 7.34. The maximum absolute atomic E-state index is 12.4. The Bertz CT molecular complexity index is 1530. The lowest BCUT2D eigenvalue weighted by molar-refractivity contribution is -0.118. The number of carbonyl (C=O) groups is 2. The Morgan fingerprint density at radius 1 is 1.16 bits per heavy atom. The normalized spacial score (nSPS) is 14.0. The Hall–Kier alpha value is -4.34. The quantitative estimate of drug-likeness (QED) is 0.339. The van der Waals surface area contributed by atoms with Crippen LogP contribution in [-0.4, -0.2) is 61.7 Å². The number of rotatable bonds is 6. The van der Waals surface area contributed by atoms with E-state index < -0.39 is 5.60 Å². The molecule has 2 amide bonds. The predicted molar refractivity (Wildman–Crippen MR) is 148 cm³/mol. The summed E-state index contributed by atoms with van der Waals surface area (Å²) < 4.78 is 7.54. The van der Waals surface area contributed by atoms with Crippen molar-refractivity contribution in [3.8, 4) is 0 Å². The van der Waals surface area contributed by atoms with Gasteiger partial charge in [0.05, 0.1) is 23.0 Å². The molecule has 10 nitrogen and oxygen atoms in total. The van der Waals surface area contributed by atoms with E-state index in [0.717, 1.165) is 51.1 Å². The molecule has 38 heavy (non-hydrogen) atoms. The largest absolute Gasteiger partial charge is 0.444 e. The van der Waals surface area contributed by atoms with Gasteiger partial charge in [-0.05, 0) is 63.1 Å². The molecule has 0 saturated carbocycles. The molecule has 5 rings (SSSR count). The second-order valence-electron chi connectivity index (χ2n) is 10.5. The molecule has 1 aliphatic heterocycles. The van der Waals surface area contributed by atoms with Crippen molar-refractivity contribution in [1.82, 2.24) is 29.7 Å². The van der Waals surface area contributed by atoms with Crippen LogP contribution in [-0.2, 0) is 16.1 Å². The summed E-state index contributed by atoms with van der Waals surface area (Å²) in [5.41, 5.74) is 6.18. The van der Waals surface area contributed by atoms with E-state index in [0.29, 0.717) is 26.2 Å². The lowest BCUT2D eigenvalue weighted by Crippen LogP contribution is -2.39. The highest BCUT2D eigenvalue weighted by Gasteiger charge is 2.24. The van der Waals surface area contributed by atoms with E-state index >= 15 is 0 Å². The van der Waals surface area contributed by atoms with Crippen LogP contribution in [0.5, 0.6) is 0 Å². The second kappa shape index (κ2) is 10.2. The van der Waals surface area contributed by atoms with E-state index in [1.54, 1.807) is 17.4 Å². The minimum atomic E-state index is -0.510. The van der Waals surface area contributed by atoms with Crippen molar-refractivity contribution >= 4 is 51.0 Å². The summed E-state index contributed by atoms with van der Waals surface area (Å²) in [6.45, 7) is 9.43. The van der Waals surface area contributed by atoms with Crippen LogP contribution in [0.2, 0.25) is 0 Å². The van der Waals surface area contributed by atoms with Crippen LogP contribution in [0, 0.1) is 0 Å². The number of imidazole rings is 1. The number of fused-ring (bicyclic) bond motifs is 2. The van der Waals surface area contributed by atoms with Gasteiger partial charge in [-0.25, -0.2) is 14.8 Å². The van der Waals surface area contributed by atoms with Crippen LogP contribution in [0.1, 0.15) is 39.8 Å². The predicted octanol–water partition coefficient (Wildman–Crippen LogP) is 4.82. The summed E-state index contributed by atoms with van der Waals surface area (Å²) in [5.74, 6) is -0.0475. The minimum Gasteiger partial charge on any atom is -0.444 e. The number of amides is 2. The SMILES string of the molecule is CC(=O)NCCn1cnc2ccc(Nc3ccnc4[nH]c(C5=CCN(C(=O)OC(C)(C)C)CC5)cc34)cc21. The summed E-state index contributed by atoms with van der Waals surface area (Å²) >= 11 is 0. The van der Waals surface area contributed by atoms with Gasteiger partial charge in [-0.3, -0.25) is 4.79 Å². The zero-order valence-corrected chi connectivity index (χ0v) is 22.2. The maximum Gasteiger partial charge on any atom is 0.410 e. The molecule has 0 bridgehead atoms. The standard InChI is InChI=1S/C28H33N7O3/c1-18(36)29-11-14-35-17-31-23-6-5-20(15-25(23)35)32-22-7-10-30-26-21(22)16-24(33-26)19-8-12-34(13-9-19)27(37)38-28(2,3)4/h5-8,10,15-17H,9,11-14H2,1-4H3,(H,29,36)(H2,30,32,33). The fraction of sp³-hybridized carbons (Fsp3) is 0.357. The van der Waals surface area contributed by atoms with Crippen LogP contribution in [0.3, 0.4) is 0 Å². The van der Waals surface area contributed by atoms with E-state index in [2.05, 4.69) is 43.8 Å². The number of hydrogen-bond acceptors (Lipinski definition) is 6. The molecule has 0 saturated heterocycles. The third-order valence-electron chi connectivity index (χ3n) is 6.37. The fourth-order valence-electron chi connectivity index (χ4n) is 4.54. The van der Waals surface area contributed by atoms with Gasteiger partial charge in [0.15, 0.2) is 0 Å². The van der Waals surface area contributed by atoms with Crippen LogP contribution in [0.4, 0.5) is 16.2 Å². The van der Waals surface area contributed by atoms with Gasteiger partial charge in [0.25, 0.3) is 0 Å². The third kappa shape index (κ3) is 5.64. The molecule has 3 N–H and O–H groups in total.